The van der Waals surface area contributed by atoms with E-state index in [1.807, 2.05) is 44.2 Å². The Hall–Kier alpha value is -2.73. The van der Waals surface area contributed by atoms with Gasteiger partial charge in [-0.2, -0.15) is 8.75 Å². The highest BCUT2D eigenvalue weighted by Gasteiger charge is 2.09. The average molecular weight is 339 g/mol. The number of aromatic nitrogens is 2. The van der Waals surface area contributed by atoms with Crippen molar-refractivity contribution in [1.29, 1.82) is 0 Å². The summed E-state index contributed by atoms with van der Waals surface area (Å²) in [5, 5.41) is 2.92. The van der Waals surface area contributed by atoms with Gasteiger partial charge in [-0.25, -0.2) is 0 Å². The van der Waals surface area contributed by atoms with E-state index in [0.29, 0.717) is 17.9 Å². The number of aryl methyl sites for hydroxylation is 2. The fraction of sp³-hybridized carbons (Fsp3) is 0.167. The van der Waals surface area contributed by atoms with Crippen LogP contribution in [0.15, 0.2) is 48.5 Å². The topological polar surface area (TPSA) is 64.1 Å². The summed E-state index contributed by atoms with van der Waals surface area (Å²) in [7, 11) is 0. The van der Waals surface area contributed by atoms with E-state index < -0.39 is 0 Å². The van der Waals surface area contributed by atoms with Gasteiger partial charge in [-0.05, 0) is 43.7 Å². The smallest absolute Gasteiger partial charge is 0.255 e. The predicted molar refractivity (Wildman–Crippen MR) is 94.6 cm³/mol. The summed E-state index contributed by atoms with van der Waals surface area (Å²) in [6.07, 6.45) is 0. The summed E-state index contributed by atoms with van der Waals surface area (Å²) >= 11 is 1.17. The Morgan fingerprint density at radius 1 is 1.12 bits per heavy atom. The van der Waals surface area contributed by atoms with E-state index in [-0.39, 0.29) is 5.91 Å². The van der Waals surface area contributed by atoms with Gasteiger partial charge in [0.15, 0.2) is 0 Å². The molecule has 0 spiro atoms. The van der Waals surface area contributed by atoms with Gasteiger partial charge in [0.1, 0.15) is 18.1 Å². The normalized spacial score (nSPS) is 10.4. The number of amides is 1. The molecule has 6 heteroatoms. The van der Waals surface area contributed by atoms with Crippen molar-refractivity contribution < 1.29 is 9.53 Å². The van der Waals surface area contributed by atoms with Gasteiger partial charge in [0.25, 0.3) is 5.91 Å². The van der Waals surface area contributed by atoms with Crippen molar-refractivity contribution in [3.8, 4) is 5.75 Å². The van der Waals surface area contributed by atoms with Gasteiger partial charge in [0.2, 0.25) is 0 Å². The number of carbonyl (C=O) groups excluding carboxylic acids is 1. The molecular formula is C18H17N3O2S. The Morgan fingerprint density at radius 2 is 1.96 bits per heavy atom. The number of hydrogen-bond acceptors (Lipinski definition) is 5. The molecule has 0 saturated heterocycles. The van der Waals surface area contributed by atoms with Gasteiger partial charge in [-0.1, -0.05) is 24.3 Å². The monoisotopic (exact) mass is 339 g/mol. The number of nitrogens with zero attached hydrogens (tertiary/aromatic N) is 2. The lowest BCUT2D eigenvalue weighted by molar-refractivity contribution is 0.102. The molecule has 0 aliphatic heterocycles. The van der Waals surface area contributed by atoms with Crippen molar-refractivity contribution in [2.75, 3.05) is 5.32 Å². The molecule has 0 aliphatic rings. The van der Waals surface area contributed by atoms with Crippen LogP contribution in [-0.4, -0.2) is 14.7 Å². The van der Waals surface area contributed by atoms with E-state index >= 15 is 0 Å². The van der Waals surface area contributed by atoms with Crippen LogP contribution >= 0.6 is 11.7 Å². The van der Waals surface area contributed by atoms with Crippen LogP contribution in [0.2, 0.25) is 0 Å². The highest BCUT2D eigenvalue weighted by Crippen LogP contribution is 2.18. The molecule has 0 fully saturated rings. The van der Waals surface area contributed by atoms with Crippen LogP contribution in [0.5, 0.6) is 5.75 Å². The van der Waals surface area contributed by atoms with Gasteiger partial charge in [0, 0.05) is 11.3 Å². The quantitative estimate of drug-likeness (QED) is 0.763. The first-order valence-corrected chi connectivity index (χ1v) is 8.24. The summed E-state index contributed by atoms with van der Waals surface area (Å²) in [5.41, 5.74) is 4.05. The molecular weight excluding hydrogens is 322 g/mol. The van der Waals surface area contributed by atoms with Crippen LogP contribution in [0.4, 0.5) is 5.69 Å². The average Bonchev–Trinajstić information content (AvgIpc) is 3.00. The van der Waals surface area contributed by atoms with E-state index in [9.17, 15) is 4.79 Å². The second-order valence-electron chi connectivity index (χ2n) is 5.38. The molecule has 24 heavy (non-hydrogen) atoms. The van der Waals surface area contributed by atoms with Crippen LogP contribution in [-0.2, 0) is 6.61 Å². The van der Waals surface area contributed by atoms with E-state index in [4.69, 9.17) is 4.74 Å². The Bertz CT molecular complexity index is 861. The number of benzene rings is 2. The van der Waals surface area contributed by atoms with Crippen molar-refractivity contribution in [1.82, 2.24) is 8.75 Å². The molecule has 0 aliphatic carbocycles. The largest absolute Gasteiger partial charge is 0.487 e. The molecule has 5 nitrogen and oxygen atoms in total. The Kier molecular flexibility index (Phi) is 4.86. The standard InChI is InChI=1S/C18H17N3O2S/c1-12-6-3-4-9-16(12)19-18(22)14-7-5-8-15(10-14)23-11-17-13(2)20-24-21-17/h3-10H,11H2,1-2H3,(H,19,22). The summed E-state index contributed by atoms with van der Waals surface area (Å²) in [4.78, 5) is 12.4. The van der Waals surface area contributed by atoms with E-state index in [1.54, 1.807) is 18.2 Å². The lowest BCUT2D eigenvalue weighted by Crippen LogP contribution is -2.12. The minimum atomic E-state index is -0.166. The third-order valence-electron chi connectivity index (χ3n) is 3.61. The molecule has 1 aromatic heterocycles. The molecule has 2 aromatic carbocycles. The third-order valence-corrected chi connectivity index (χ3v) is 4.27. The highest BCUT2D eigenvalue weighted by atomic mass is 32.1. The van der Waals surface area contributed by atoms with E-state index in [2.05, 4.69) is 14.1 Å². The Morgan fingerprint density at radius 3 is 2.71 bits per heavy atom. The number of anilines is 1. The number of para-hydroxylation sites is 1. The van der Waals surface area contributed by atoms with Crippen molar-refractivity contribution >= 4 is 23.3 Å². The first kappa shape index (κ1) is 16.1. The zero-order valence-corrected chi connectivity index (χ0v) is 14.3. The number of rotatable bonds is 5. The first-order chi connectivity index (χ1) is 11.6. The van der Waals surface area contributed by atoms with Crippen LogP contribution in [0.3, 0.4) is 0 Å². The highest BCUT2D eigenvalue weighted by molar-refractivity contribution is 6.99. The molecule has 0 saturated carbocycles. The third kappa shape index (κ3) is 3.78. The fourth-order valence-electron chi connectivity index (χ4n) is 2.17. The second-order valence-corrected chi connectivity index (χ2v) is 5.91. The summed E-state index contributed by atoms with van der Waals surface area (Å²) in [6.45, 7) is 4.19. The van der Waals surface area contributed by atoms with Crippen LogP contribution in [0.1, 0.15) is 27.3 Å². The maximum Gasteiger partial charge on any atom is 0.255 e. The van der Waals surface area contributed by atoms with Crippen LogP contribution in [0.25, 0.3) is 0 Å². The number of hydrogen-bond donors (Lipinski definition) is 1. The maximum absolute atomic E-state index is 12.4. The number of nitrogens with one attached hydrogen (secondary N) is 1. The minimum absolute atomic E-state index is 0.166. The molecule has 3 aromatic rings. The predicted octanol–water partition coefficient (Wildman–Crippen LogP) is 3.99. The lowest BCUT2D eigenvalue weighted by atomic mass is 10.1. The number of carbonyl (C=O) groups is 1. The SMILES string of the molecule is Cc1ccccc1NC(=O)c1cccc(OCc2nsnc2C)c1. The molecule has 1 amide bonds. The molecule has 3 rings (SSSR count). The lowest BCUT2D eigenvalue weighted by Gasteiger charge is -2.10. The van der Waals surface area contributed by atoms with Gasteiger partial charge >= 0.3 is 0 Å². The Labute approximate surface area is 144 Å². The van der Waals surface area contributed by atoms with Crippen molar-refractivity contribution in [3.05, 3.63) is 71.0 Å². The summed E-state index contributed by atoms with van der Waals surface area (Å²) < 4.78 is 14.0. The molecule has 1 heterocycles. The van der Waals surface area contributed by atoms with Crippen LogP contribution < -0.4 is 10.1 Å². The van der Waals surface area contributed by atoms with Crippen LogP contribution in [0, 0.1) is 13.8 Å². The van der Waals surface area contributed by atoms with E-state index in [0.717, 1.165) is 22.6 Å². The first-order valence-electron chi connectivity index (χ1n) is 7.51. The molecule has 0 atom stereocenters. The molecule has 0 radical (unpaired) electrons. The van der Waals surface area contributed by atoms with Crippen molar-refractivity contribution in [2.24, 2.45) is 0 Å². The molecule has 122 valence electrons. The van der Waals surface area contributed by atoms with Crippen molar-refractivity contribution in [2.45, 2.75) is 20.5 Å². The molecule has 0 unspecified atom stereocenters. The molecule has 1 N–H and O–H groups in total. The fourth-order valence-corrected chi connectivity index (χ4v) is 2.72. The van der Waals surface area contributed by atoms with Gasteiger partial charge in [-0.3, -0.25) is 4.79 Å². The van der Waals surface area contributed by atoms with Gasteiger partial charge in [-0.15, -0.1) is 0 Å². The zero-order chi connectivity index (χ0) is 16.9. The van der Waals surface area contributed by atoms with Gasteiger partial charge in [0.05, 0.1) is 17.4 Å². The maximum atomic E-state index is 12.4. The molecule has 0 bridgehead atoms. The zero-order valence-electron chi connectivity index (χ0n) is 13.4. The number of ether oxygens (including phenoxy) is 1. The van der Waals surface area contributed by atoms with Gasteiger partial charge < -0.3 is 10.1 Å². The minimum Gasteiger partial charge on any atom is -0.487 e. The summed E-state index contributed by atoms with van der Waals surface area (Å²) in [5.74, 6) is 0.459. The summed E-state index contributed by atoms with van der Waals surface area (Å²) in [6, 6.07) is 14.8. The Balaban J connectivity index is 1.69. The second kappa shape index (κ2) is 7.23. The van der Waals surface area contributed by atoms with E-state index in [1.165, 1.54) is 11.7 Å². The van der Waals surface area contributed by atoms with Crippen molar-refractivity contribution in [3.63, 3.8) is 0 Å².